The maximum atomic E-state index is 8.58. The molecule has 0 aliphatic carbocycles. The highest BCUT2D eigenvalue weighted by atomic mass is 16.3. The van der Waals surface area contributed by atoms with Crippen molar-refractivity contribution < 1.29 is 5.11 Å². The summed E-state index contributed by atoms with van der Waals surface area (Å²) in [7, 11) is 0. The molecule has 0 radical (unpaired) electrons. The van der Waals surface area contributed by atoms with E-state index >= 15 is 0 Å². The van der Waals surface area contributed by atoms with Crippen LogP contribution in [0.5, 0.6) is 0 Å². The van der Waals surface area contributed by atoms with Crippen LogP contribution in [0.25, 0.3) is 0 Å². The first kappa shape index (κ1) is 11.4. The maximum Gasteiger partial charge on any atom is 0.0587 e. The fourth-order valence-corrected chi connectivity index (χ4v) is 1.32. The molecule has 1 aliphatic rings. The van der Waals surface area contributed by atoms with Crippen LogP contribution in [-0.2, 0) is 0 Å². The molecule has 0 amide bonds. The van der Waals surface area contributed by atoms with E-state index in [0.29, 0.717) is 6.61 Å². The summed E-state index contributed by atoms with van der Waals surface area (Å²) >= 11 is 0. The third-order valence-electron chi connectivity index (χ3n) is 1.86. The summed E-state index contributed by atoms with van der Waals surface area (Å²) < 4.78 is 0. The summed E-state index contributed by atoms with van der Waals surface area (Å²) in [4.78, 5) is 2.32. The lowest BCUT2D eigenvalue weighted by atomic mass is 10.1. The van der Waals surface area contributed by atoms with Crippen molar-refractivity contribution in [3.8, 4) is 6.07 Å². The molecular weight excluding hydrogens is 152 g/mol. The zero-order chi connectivity index (χ0) is 9.23. The van der Waals surface area contributed by atoms with Gasteiger partial charge in [-0.25, -0.2) is 0 Å². The lowest BCUT2D eigenvalue weighted by Crippen LogP contribution is -2.31. The molecule has 1 saturated heterocycles. The Morgan fingerprint density at radius 2 is 1.83 bits per heavy atom. The summed E-state index contributed by atoms with van der Waals surface area (Å²) in [6.45, 7) is 5.02. The first-order valence-electron chi connectivity index (χ1n) is 4.49. The van der Waals surface area contributed by atoms with E-state index in [1.54, 1.807) is 6.07 Å². The van der Waals surface area contributed by atoms with Crippen molar-refractivity contribution in [2.24, 2.45) is 0 Å². The summed E-state index contributed by atoms with van der Waals surface area (Å²) in [6.07, 6.45) is 4.02. The van der Waals surface area contributed by atoms with Crippen molar-refractivity contribution in [3.63, 3.8) is 0 Å². The quantitative estimate of drug-likeness (QED) is 0.672. The van der Waals surface area contributed by atoms with Gasteiger partial charge in [-0.15, -0.1) is 0 Å². The van der Waals surface area contributed by atoms with Crippen LogP contribution in [0.3, 0.4) is 0 Å². The highest BCUT2D eigenvalue weighted by molar-refractivity contribution is 4.62. The van der Waals surface area contributed by atoms with E-state index in [4.69, 9.17) is 10.4 Å². The number of piperidine rings is 1. The van der Waals surface area contributed by atoms with E-state index in [1.165, 1.54) is 39.3 Å². The van der Waals surface area contributed by atoms with E-state index in [2.05, 4.69) is 4.90 Å². The number of aliphatic hydroxyl groups is 1. The first-order valence-corrected chi connectivity index (χ1v) is 4.49. The second kappa shape index (κ2) is 8.51. The van der Waals surface area contributed by atoms with Crippen LogP contribution in [-0.4, -0.2) is 36.2 Å². The van der Waals surface area contributed by atoms with Crippen LogP contribution in [0.1, 0.15) is 26.2 Å². The molecule has 0 atom stereocenters. The Morgan fingerprint density at radius 3 is 2.25 bits per heavy atom. The minimum atomic E-state index is 0.319. The number of β-amino-alcohol motifs (C(OH)–C–C–N with tert-alkyl or cyclic N) is 1. The monoisotopic (exact) mass is 170 g/mol. The van der Waals surface area contributed by atoms with Crippen LogP contribution in [0.15, 0.2) is 0 Å². The Bertz CT molecular complexity index is 122. The van der Waals surface area contributed by atoms with Gasteiger partial charge < -0.3 is 10.0 Å². The number of hydrogen-bond acceptors (Lipinski definition) is 3. The predicted molar refractivity (Wildman–Crippen MR) is 48.7 cm³/mol. The first-order chi connectivity index (χ1) is 5.85. The maximum absolute atomic E-state index is 8.58. The van der Waals surface area contributed by atoms with E-state index < -0.39 is 0 Å². The molecule has 0 aromatic rings. The molecule has 1 N–H and O–H groups in total. The minimum Gasteiger partial charge on any atom is -0.395 e. The van der Waals surface area contributed by atoms with Crippen LogP contribution >= 0.6 is 0 Å². The third-order valence-corrected chi connectivity index (χ3v) is 1.86. The Kier molecular flexibility index (Phi) is 8.09. The molecule has 0 saturated carbocycles. The highest BCUT2D eigenvalue weighted by Gasteiger charge is 2.07. The van der Waals surface area contributed by atoms with Gasteiger partial charge in [-0.05, 0) is 25.9 Å². The smallest absolute Gasteiger partial charge is 0.0587 e. The zero-order valence-electron chi connectivity index (χ0n) is 7.79. The zero-order valence-corrected chi connectivity index (χ0v) is 7.79. The molecule has 1 fully saturated rings. The summed E-state index contributed by atoms with van der Waals surface area (Å²) in [6, 6.07) is 1.75. The molecule has 1 aliphatic heterocycles. The number of aliphatic hydroxyl groups excluding tert-OH is 1. The fraction of sp³-hybridized carbons (Fsp3) is 0.889. The molecular formula is C9H18N2O. The van der Waals surface area contributed by atoms with Crippen molar-refractivity contribution in [1.29, 1.82) is 5.26 Å². The second-order valence-electron chi connectivity index (χ2n) is 2.85. The van der Waals surface area contributed by atoms with E-state index in [9.17, 15) is 0 Å². The van der Waals surface area contributed by atoms with Gasteiger partial charge in [0.25, 0.3) is 0 Å². The van der Waals surface area contributed by atoms with Gasteiger partial charge in [-0.3, -0.25) is 0 Å². The van der Waals surface area contributed by atoms with Gasteiger partial charge in [0.2, 0.25) is 0 Å². The molecule has 1 heterocycles. The van der Waals surface area contributed by atoms with E-state index in [1.807, 2.05) is 0 Å². The largest absolute Gasteiger partial charge is 0.395 e. The second-order valence-corrected chi connectivity index (χ2v) is 2.85. The van der Waals surface area contributed by atoms with Gasteiger partial charge in [-0.1, -0.05) is 6.42 Å². The Hall–Kier alpha value is -0.590. The molecule has 12 heavy (non-hydrogen) atoms. The SMILES string of the molecule is CC#N.OCCN1CCCCC1. The van der Waals surface area contributed by atoms with Crippen LogP contribution in [0.2, 0.25) is 0 Å². The topological polar surface area (TPSA) is 47.3 Å². The molecule has 0 unspecified atom stereocenters. The number of hydrogen-bond donors (Lipinski definition) is 1. The summed E-state index contributed by atoms with van der Waals surface area (Å²) in [5.74, 6) is 0. The van der Waals surface area contributed by atoms with Crippen molar-refractivity contribution in [1.82, 2.24) is 4.90 Å². The van der Waals surface area contributed by atoms with Crippen molar-refractivity contribution in [2.45, 2.75) is 26.2 Å². The molecule has 70 valence electrons. The van der Waals surface area contributed by atoms with Crippen LogP contribution in [0, 0.1) is 11.3 Å². The van der Waals surface area contributed by atoms with Crippen molar-refractivity contribution in [2.75, 3.05) is 26.2 Å². The van der Waals surface area contributed by atoms with Gasteiger partial charge >= 0.3 is 0 Å². The number of nitriles is 1. The average molecular weight is 170 g/mol. The third kappa shape index (κ3) is 6.14. The molecule has 0 bridgehead atoms. The number of likely N-dealkylation sites (tertiary alicyclic amines) is 1. The normalized spacial score (nSPS) is 17.4. The molecule has 3 nitrogen and oxygen atoms in total. The summed E-state index contributed by atoms with van der Waals surface area (Å²) in [5, 5.41) is 15.9. The van der Waals surface area contributed by atoms with Gasteiger partial charge in [0, 0.05) is 13.5 Å². The van der Waals surface area contributed by atoms with Gasteiger partial charge in [0.1, 0.15) is 0 Å². The molecule has 0 aromatic carbocycles. The van der Waals surface area contributed by atoms with Crippen LogP contribution < -0.4 is 0 Å². The fourth-order valence-electron chi connectivity index (χ4n) is 1.32. The van der Waals surface area contributed by atoms with Gasteiger partial charge in [-0.2, -0.15) is 5.26 Å². The Labute approximate surface area is 74.6 Å². The van der Waals surface area contributed by atoms with Gasteiger partial charge in [0.15, 0.2) is 0 Å². The van der Waals surface area contributed by atoms with E-state index in [-0.39, 0.29) is 0 Å². The number of nitrogens with zero attached hydrogens (tertiary/aromatic N) is 2. The Morgan fingerprint density at radius 1 is 1.33 bits per heavy atom. The van der Waals surface area contributed by atoms with Crippen LogP contribution in [0.4, 0.5) is 0 Å². The van der Waals surface area contributed by atoms with Crippen molar-refractivity contribution in [3.05, 3.63) is 0 Å². The average Bonchev–Trinajstić information content (AvgIpc) is 2.08. The predicted octanol–water partition coefficient (Wildman–Crippen LogP) is 0.994. The lowest BCUT2D eigenvalue weighted by Gasteiger charge is -2.25. The standard InChI is InChI=1S/C7H15NO.C2H3N/c9-7-6-8-4-2-1-3-5-8;1-2-3/h9H,1-7H2;1H3. The van der Waals surface area contributed by atoms with Gasteiger partial charge in [0.05, 0.1) is 12.7 Å². The highest BCUT2D eigenvalue weighted by Crippen LogP contribution is 2.06. The molecule has 0 spiro atoms. The Balaban J connectivity index is 0.000000354. The minimum absolute atomic E-state index is 0.319. The number of rotatable bonds is 2. The molecule has 0 aromatic heterocycles. The van der Waals surface area contributed by atoms with E-state index in [0.717, 1.165) is 6.54 Å². The molecule has 3 heteroatoms. The summed E-state index contributed by atoms with van der Waals surface area (Å²) in [5.41, 5.74) is 0. The molecule has 1 rings (SSSR count). The van der Waals surface area contributed by atoms with Crippen molar-refractivity contribution >= 4 is 0 Å². The lowest BCUT2D eigenvalue weighted by molar-refractivity contribution is 0.173.